The van der Waals surface area contributed by atoms with Crippen LogP contribution in [0.5, 0.6) is 5.75 Å². The van der Waals surface area contributed by atoms with Crippen LogP contribution in [0.3, 0.4) is 0 Å². The molecule has 1 amide bonds. The summed E-state index contributed by atoms with van der Waals surface area (Å²) in [7, 11) is 1.66. The second kappa shape index (κ2) is 9.87. The van der Waals surface area contributed by atoms with Crippen LogP contribution in [0.15, 0.2) is 61.2 Å². The van der Waals surface area contributed by atoms with Crippen molar-refractivity contribution in [2.24, 2.45) is 5.92 Å². The zero-order valence-electron chi connectivity index (χ0n) is 17.3. The van der Waals surface area contributed by atoms with Crippen LogP contribution in [0, 0.1) is 5.92 Å². The summed E-state index contributed by atoms with van der Waals surface area (Å²) in [6.07, 6.45) is 7.80. The minimum atomic E-state index is 0.128. The number of imidazole rings is 1. The van der Waals surface area contributed by atoms with Gasteiger partial charge in [0.2, 0.25) is 5.91 Å². The fraction of sp³-hybridized carbons (Fsp3) is 0.348. The maximum absolute atomic E-state index is 12.9. The number of hydrogen-bond acceptors (Lipinski definition) is 4. The first-order valence-electron chi connectivity index (χ1n) is 9.84. The molecule has 2 heterocycles. The topological polar surface area (TPSA) is 60.2 Å². The zero-order valence-corrected chi connectivity index (χ0v) is 17.3. The van der Waals surface area contributed by atoms with Gasteiger partial charge in [-0.2, -0.15) is 0 Å². The molecule has 0 bridgehead atoms. The van der Waals surface area contributed by atoms with Crippen molar-refractivity contribution in [2.75, 3.05) is 7.11 Å². The highest BCUT2D eigenvalue weighted by molar-refractivity contribution is 5.76. The third-order valence-corrected chi connectivity index (χ3v) is 4.68. The lowest BCUT2D eigenvalue weighted by Gasteiger charge is -2.24. The molecule has 152 valence electrons. The fourth-order valence-corrected chi connectivity index (χ4v) is 3.16. The minimum Gasteiger partial charge on any atom is -0.497 e. The van der Waals surface area contributed by atoms with Gasteiger partial charge in [-0.05, 0) is 35.2 Å². The monoisotopic (exact) mass is 392 g/mol. The van der Waals surface area contributed by atoms with E-state index in [1.54, 1.807) is 25.7 Å². The maximum Gasteiger partial charge on any atom is 0.223 e. The van der Waals surface area contributed by atoms with E-state index in [0.29, 0.717) is 32.0 Å². The van der Waals surface area contributed by atoms with Crippen molar-refractivity contribution < 1.29 is 9.53 Å². The zero-order chi connectivity index (χ0) is 20.6. The number of carbonyl (C=O) groups is 1. The van der Waals surface area contributed by atoms with Crippen LogP contribution < -0.4 is 4.74 Å². The highest BCUT2D eigenvalue weighted by Crippen LogP contribution is 2.16. The van der Waals surface area contributed by atoms with Gasteiger partial charge >= 0.3 is 0 Å². The Morgan fingerprint density at radius 1 is 1.10 bits per heavy atom. The number of ether oxygens (including phenoxy) is 1. The number of carbonyl (C=O) groups excluding carboxylic acids is 1. The fourth-order valence-electron chi connectivity index (χ4n) is 3.16. The molecule has 0 unspecified atom stereocenters. The van der Waals surface area contributed by atoms with Crippen molar-refractivity contribution in [3.8, 4) is 5.75 Å². The first-order chi connectivity index (χ1) is 14.0. The Hall–Kier alpha value is -3.15. The molecule has 0 aliphatic rings. The molecular weight excluding hydrogens is 364 g/mol. The molecule has 0 saturated heterocycles. The van der Waals surface area contributed by atoms with Gasteiger partial charge in [0, 0.05) is 44.3 Å². The summed E-state index contributed by atoms with van der Waals surface area (Å²) in [5.74, 6) is 2.13. The Kier molecular flexibility index (Phi) is 7.00. The van der Waals surface area contributed by atoms with Crippen molar-refractivity contribution in [2.45, 2.75) is 39.9 Å². The Labute approximate surface area is 172 Å². The Balaban J connectivity index is 1.76. The van der Waals surface area contributed by atoms with Crippen LogP contribution in [0.25, 0.3) is 0 Å². The predicted octanol–water partition coefficient (Wildman–Crippen LogP) is 3.91. The van der Waals surface area contributed by atoms with Gasteiger partial charge in [0.05, 0.1) is 13.7 Å². The van der Waals surface area contributed by atoms with Gasteiger partial charge in [0.1, 0.15) is 11.6 Å². The Bertz CT molecular complexity index is 904. The lowest BCUT2D eigenvalue weighted by Crippen LogP contribution is -2.32. The van der Waals surface area contributed by atoms with Crippen molar-refractivity contribution in [3.63, 3.8) is 0 Å². The summed E-state index contributed by atoms with van der Waals surface area (Å²) in [6.45, 7) is 5.80. The SMILES string of the molecule is COc1ccc(Cn2ccnc2CN(Cc2cccnc2)C(=O)CC(C)C)cc1. The molecule has 6 nitrogen and oxygen atoms in total. The molecule has 6 heteroatoms. The summed E-state index contributed by atoms with van der Waals surface area (Å²) in [4.78, 5) is 23.4. The molecule has 0 radical (unpaired) electrons. The number of pyridine rings is 1. The number of nitrogens with zero attached hydrogens (tertiary/aromatic N) is 4. The van der Waals surface area contributed by atoms with E-state index >= 15 is 0 Å². The minimum absolute atomic E-state index is 0.128. The highest BCUT2D eigenvalue weighted by Gasteiger charge is 2.18. The highest BCUT2D eigenvalue weighted by atomic mass is 16.5. The second-order valence-electron chi connectivity index (χ2n) is 7.53. The third kappa shape index (κ3) is 5.91. The summed E-state index contributed by atoms with van der Waals surface area (Å²) >= 11 is 0. The molecule has 0 N–H and O–H groups in total. The first-order valence-corrected chi connectivity index (χ1v) is 9.84. The van der Waals surface area contributed by atoms with E-state index in [1.165, 1.54) is 0 Å². The van der Waals surface area contributed by atoms with E-state index in [2.05, 4.69) is 28.4 Å². The molecule has 0 fully saturated rings. The summed E-state index contributed by atoms with van der Waals surface area (Å²) in [5, 5.41) is 0. The van der Waals surface area contributed by atoms with Crippen LogP contribution >= 0.6 is 0 Å². The molecule has 2 aromatic heterocycles. The van der Waals surface area contributed by atoms with Gasteiger partial charge in [-0.1, -0.05) is 32.0 Å². The number of amides is 1. The summed E-state index contributed by atoms with van der Waals surface area (Å²) < 4.78 is 7.31. The van der Waals surface area contributed by atoms with Crippen LogP contribution in [-0.4, -0.2) is 32.5 Å². The molecule has 0 spiro atoms. The van der Waals surface area contributed by atoms with Crippen molar-refractivity contribution >= 4 is 5.91 Å². The van der Waals surface area contributed by atoms with Crippen LogP contribution in [0.1, 0.15) is 37.2 Å². The molecular formula is C23H28N4O2. The average Bonchev–Trinajstić information content (AvgIpc) is 3.15. The molecule has 0 aliphatic carbocycles. The number of methoxy groups -OCH3 is 1. The van der Waals surface area contributed by atoms with Crippen molar-refractivity contribution in [3.05, 3.63) is 78.1 Å². The predicted molar refractivity (Wildman–Crippen MR) is 112 cm³/mol. The van der Waals surface area contributed by atoms with Gasteiger partial charge in [-0.3, -0.25) is 9.78 Å². The molecule has 3 aromatic rings. The number of benzene rings is 1. The lowest BCUT2D eigenvalue weighted by atomic mass is 10.1. The van der Waals surface area contributed by atoms with Crippen LogP contribution in [-0.2, 0) is 24.4 Å². The van der Waals surface area contributed by atoms with E-state index in [1.807, 2.05) is 47.5 Å². The molecule has 3 rings (SSSR count). The van der Waals surface area contributed by atoms with Crippen LogP contribution in [0.2, 0.25) is 0 Å². The maximum atomic E-state index is 12.9. The lowest BCUT2D eigenvalue weighted by molar-refractivity contribution is -0.133. The first kappa shape index (κ1) is 20.6. The van der Waals surface area contributed by atoms with Crippen molar-refractivity contribution in [1.82, 2.24) is 19.4 Å². The standard InChI is InChI=1S/C23H28N4O2/c1-18(2)13-23(28)27(16-20-5-4-10-24-14-20)17-22-25-11-12-26(22)15-19-6-8-21(29-3)9-7-19/h4-12,14,18H,13,15-17H2,1-3H3. The van der Waals surface area contributed by atoms with E-state index < -0.39 is 0 Å². The smallest absolute Gasteiger partial charge is 0.223 e. The normalized spacial score (nSPS) is 10.9. The van der Waals surface area contributed by atoms with Gasteiger partial charge in [-0.15, -0.1) is 0 Å². The Morgan fingerprint density at radius 3 is 2.55 bits per heavy atom. The molecule has 1 aromatic carbocycles. The van der Waals surface area contributed by atoms with Gasteiger partial charge in [0.15, 0.2) is 0 Å². The quantitative estimate of drug-likeness (QED) is 0.554. The summed E-state index contributed by atoms with van der Waals surface area (Å²) in [5.41, 5.74) is 2.16. The second-order valence-corrected chi connectivity index (χ2v) is 7.53. The van der Waals surface area contributed by atoms with Gasteiger partial charge in [0.25, 0.3) is 0 Å². The Morgan fingerprint density at radius 2 is 1.90 bits per heavy atom. The number of rotatable bonds is 9. The van der Waals surface area contributed by atoms with E-state index in [0.717, 1.165) is 22.7 Å². The summed E-state index contributed by atoms with van der Waals surface area (Å²) in [6, 6.07) is 11.9. The van der Waals surface area contributed by atoms with E-state index in [9.17, 15) is 4.79 Å². The molecule has 29 heavy (non-hydrogen) atoms. The van der Waals surface area contributed by atoms with Crippen LogP contribution in [0.4, 0.5) is 0 Å². The average molecular weight is 393 g/mol. The molecule has 0 saturated carbocycles. The largest absolute Gasteiger partial charge is 0.497 e. The van der Waals surface area contributed by atoms with Gasteiger partial charge < -0.3 is 14.2 Å². The van der Waals surface area contributed by atoms with E-state index in [-0.39, 0.29) is 5.91 Å². The number of aromatic nitrogens is 3. The van der Waals surface area contributed by atoms with E-state index in [4.69, 9.17) is 4.74 Å². The van der Waals surface area contributed by atoms with Gasteiger partial charge in [-0.25, -0.2) is 4.98 Å². The third-order valence-electron chi connectivity index (χ3n) is 4.68. The van der Waals surface area contributed by atoms with Crippen molar-refractivity contribution in [1.29, 1.82) is 0 Å². The number of hydrogen-bond donors (Lipinski definition) is 0. The molecule has 0 aliphatic heterocycles. The molecule has 0 atom stereocenters.